The average Bonchev–Trinajstić information content (AvgIpc) is 2.77. The van der Waals surface area contributed by atoms with Gasteiger partial charge >= 0.3 is 0 Å². The zero-order valence-corrected chi connectivity index (χ0v) is 10.3. The van der Waals surface area contributed by atoms with Crippen LogP contribution in [0.2, 0.25) is 0 Å². The summed E-state index contributed by atoms with van der Waals surface area (Å²) in [5.41, 5.74) is 0.612. The number of amides is 1. The molecule has 0 radical (unpaired) electrons. The molecule has 0 saturated carbocycles. The number of nitrogens with one attached hydrogen (secondary N) is 1. The maximum Gasteiger partial charge on any atom is 0.268 e. The molecule has 1 unspecified atom stereocenters. The Morgan fingerprint density at radius 2 is 2.41 bits per heavy atom. The quantitative estimate of drug-likeness (QED) is 0.735. The van der Waals surface area contributed by atoms with Gasteiger partial charge < -0.3 is 19.7 Å². The van der Waals surface area contributed by atoms with E-state index in [9.17, 15) is 4.79 Å². The van der Waals surface area contributed by atoms with Crippen LogP contribution in [0.25, 0.3) is 0 Å². The van der Waals surface area contributed by atoms with Gasteiger partial charge in [-0.2, -0.15) is 0 Å². The number of nitrogens with zero attached hydrogens (tertiary/aromatic N) is 1. The van der Waals surface area contributed by atoms with E-state index in [0.717, 1.165) is 13.0 Å². The Kier molecular flexibility index (Phi) is 5.72. The Morgan fingerprint density at radius 1 is 1.65 bits per heavy atom. The zero-order chi connectivity index (χ0) is 12.7. The van der Waals surface area contributed by atoms with Crippen molar-refractivity contribution in [2.24, 2.45) is 0 Å². The molecule has 0 fully saturated rings. The van der Waals surface area contributed by atoms with Crippen molar-refractivity contribution in [1.29, 1.82) is 0 Å². The van der Waals surface area contributed by atoms with Crippen LogP contribution >= 0.6 is 0 Å². The van der Waals surface area contributed by atoms with Crippen molar-refractivity contribution in [2.45, 2.75) is 25.9 Å². The number of ether oxygens (including phenoxy) is 1. The van der Waals surface area contributed by atoms with Gasteiger partial charge in [0, 0.05) is 19.9 Å². The van der Waals surface area contributed by atoms with E-state index in [1.807, 2.05) is 16.8 Å². The normalized spacial score (nSPS) is 12.4. The van der Waals surface area contributed by atoms with Crippen LogP contribution < -0.4 is 5.32 Å². The number of aromatic nitrogens is 1. The first-order valence-electron chi connectivity index (χ1n) is 5.78. The van der Waals surface area contributed by atoms with Crippen LogP contribution in [0, 0.1) is 0 Å². The maximum absolute atomic E-state index is 11.9. The minimum Gasteiger partial charge on any atom is -0.394 e. The molecule has 96 valence electrons. The second-order valence-electron chi connectivity index (χ2n) is 3.90. The highest BCUT2D eigenvalue weighted by Gasteiger charge is 2.15. The Morgan fingerprint density at radius 3 is 3.00 bits per heavy atom. The van der Waals surface area contributed by atoms with Gasteiger partial charge in [0.05, 0.1) is 19.3 Å². The van der Waals surface area contributed by atoms with Gasteiger partial charge in [0.1, 0.15) is 5.69 Å². The van der Waals surface area contributed by atoms with Crippen molar-refractivity contribution in [3.05, 3.63) is 24.0 Å². The first-order chi connectivity index (χ1) is 8.22. The molecular formula is C12H20N2O3. The molecule has 5 heteroatoms. The number of aliphatic hydroxyl groups is 1. The molecule has 1 atom stereocenters. The second-order valence-corrected chi connectivity index (χ2v) is 3.90. The van der Waals surface area contributed by atoms with E-state index in [0.29, 0.717) is 12.3 Å². The third-order valence-corrected chi connectivity index (χ3v) is 2.45. The summed E-state index contributed by atoms with van der Waals surface area (Å²) >= 11 is 0. The number of aliphatic hydroxyl groups excluding tert-OH is 1. The van der Waals surface area contributed by atoms with Gasteiger partial charge in [-0.1, -0.05) is 6.92 Å². The Balaban J connectivity index is 2.64. The molecule has 0 saturated heterocycles. The van der Waals surface area contributed by atoms with Gasteiger partial charge in [-0.25, -0.2) is 0 Å². The number of methoxy groups -OCH3 is 1. The molecular weight excluding hydrogens is 220 g/mol. The first kappa shape index (κ1) is 13.7. The van der Waals surface area contributed by atoms with Gasteiger partial charge in [0.15, 0.2) is 0 Å². The predicted molar refractivity (Wildman–Crippen MR) is 64.9 cm³/mol. The molecule has 0 aromatic carbocycles. The summed E-state index contributed by atoms with van der Waals surface area (Å²) in [6, 6.07) is 3.25. The number of rotatable bonds is 7. The summed E-state index contributed by atoms with van der Waals surface area (Å²) in [7, 11) is 1.54. The van der Waals surface area contributed by atoms with Crippen molar-refractivity contribution in [3.63, 3.8) is 0 Å². The molecule has 1 aromatic heterocycles. The summed E-state index contributed by atoms with van der Waals surface area (Å²) in [6.07, 6.45) is 2.85. The van der Waals surface area contributed by atoms with Crippen molar-refractivity contribution < 1.29 is 14.6 Å². The van der Waals surface area contributed by atoms with E-state index in [1.165, 1.54) is 7.11 Å². The maximum atomic E-state index is 11.9. The van der Waals surface area contributed by atoms with Crippen molar-refractivity contribution in [3.8, 4) is 0 Å². The second kappa shape index (κ2) is 7.09. The lowest BCUT2D eigenvalue weighted by Gasteiger charge is -2.16. The Labute approximate surface area is 101 Å². The van der Waals surface area contributed by atoms with E-state index in [4.69, 9.17) is 9.84 Å². The van der Waals surface area contributed by atoms with E-state index >= 15 is 0 Å². The summed E-state index contributed by atoms with van der Waals surface area (Å²) < 4.78 is 6.81. The van der Waals surface area contributed by atoms with E-state index in [1.54, 1.807) is 6.07 Å². The lowest BCUT2D eigenvalue weighted by Crippen LogP contribution is -2.41. The van der Waals surface area contributed by atoms with Crippen LogP contribution in [0.4, 0.5) is 0 Å². The molecule has 1 rings (SSSR count). The Bertz CT molecular complexity index is 349. The lowest BCUT2D eigenvalue weighted by molar-refractivity contribution is 0.0831. The highest BCUT2D eigenvalue weighted by atomic mass is 16.5. The number of carbonyl (C=O) groups excluding carboxylic acids is 1. The van der Waals surface area contributed by atoms with Crippen LogP contribution in [0.5, 0.6) is 0 Å². The number of hydrogen-bond donors (Lipinski definition) is 2. The topological polar surface area (TPSA) is 63.5 Å². The first-order valence-corrected chi connectivity index (χ1v) is 5.78. The van der Waals surface area contributed by atoms with Crippen molar-refractivity contribution >= 4 is 5.91 Å². The van der Waals surface area contributed by atoms with Crippen LogP contribution in [-0.2, 0) is 11.3 Å². The summed E-state index contributed by atoms with van der Waals surface area (Å²) in [5, 5.41) is 11.8. The van der Waals surface area contributed by atoms with Gasteiger partial charge in [-0.3, -0.25) is 4.79 Å². The minimum absolute atomic E-state index is 0.131. The summed E-state index contributed by atoms with van der Waals surface area (Å²) in [5.74, 6) is -0.181. The highest BCUT2D eigenvalue weighted by molar-refractivity contribution is 5.92. The highest BCUT2D eigenvalue weighted by Crippen LogP contribution is 2.04. The van der Waals surface area contributed by atoms with Crippen LogP contribution in [0.3, 0.4) is 0 Å². The fourth-order valence-electron chi connectivity index (χ4n) is 1.66. The molecule has 0 aliphatic carbocycles. The third-order valence-electron chi connectivity index (χ3n) is 2.45. The minimum atomic E-state index is -0.363. The van der Waals surface area contributed by atoms with Gasteiger partial charge in [0.2, 0.25) is 0 Å². The van der Waals surface area contributed by atoms with Crippen molar-refractivity contribution in [1.82, 2.24) is 9.88 Å². The van der Waals surface area contributed by atoms with E-state index in [-0.39, 0.29) is 18.6 Å². The largest absolute Gasteiger partial charge is 0.394 e. The molecule has 0 spiro atoms. The molecule has 1 heterocycles. The molecule has 0 aliphatic heterocycles. The fourth-order valence-corrected chi connectivity index (χ4v) is 1.66. The number of carbonyl (C=O) groups is 1. The molecule has 5 nitrogen and oxygen atoms in total. The van der Waals surface area contributed by atoms with Crippen LogP contribution in [0.15, 0.2) is 18.3 Å². The molecule has 17 heavy (non-hydrogen) atoms. The monoisotopic (exact) mass is 240 g/mol. The van der Waals surface area contributed by atoms with Gasteiger partial charge in [-0.15, -0.1) is 0 Å². The van der Waals surface area contributed by atoms with Crippen molar-refractivity contribution in [2.75, 3.05) is 20.3 Å². The van der Waals surface area contributed by atoms with Crippen LogP contribution in [0.1, 0.15) is 23.8 Å². The average molecular weight is 240 g/mol. The third kappa shape index (κ3) is 3.87. The molecule has 1 aromatic rings. The predicted octanol–water partition coefficient (Wildman–Crippen LogP) is 0.635. The molecule has 1 amide bonds. The molecule has 2 N–H and O–H groups in total. The lowest BCUT2D eigenvalue weighted by atomic mass is 10.3. The standard InChI is InChI=1S/C12H20N2O3/c1-3-6-14-7-4-5-11(14)12(16)13-10(8-15)9-17-2/h4-5,7,10,15H,3,6,8-9H2,1-2H3,(H,13,16). The van der Waals surface area contributed by atoms with E-state index in [2.05, 4.69) is 12.2 Å². The Hall–Kier alpha value is -1.33. The SMILES string of the molecule is CCCn1cccc1C(=O)NC(CO)COC. The van der Waals surface area contributed by atoms with E-state index < -0.39 is 0 Å². The fraction of sp³-hybridized carbons (Fsp3) is 0.583. The molecule has 0 bridgehead atoms. The molecule has 0 aliphatic rings. The number of aryl methyl sites for hydroxylation is 1. The number of hydrogen-bond acceptors (Lipinski definition) is 3. The smallest absolute Gasteiger partial charge is 0.268 e. The van der Waals surface area contributed by atoms with Gasteiger partial charge in [-0.05, 0) is 18.6 Å². The summed E-state index contributed by atoms with van der Waals surface area (Å²) in [4.78, 5) is 11.9. The van der Waals surface area contributed by atoms with Gasteiger partial charge in [0.25, 0.3) is 5.91 Å². The van der Waals surface area contributed by atoms with Crippen LogP contribution in [-0.4, -0.2) is 41.9 Å². The summed E-state index contributed by atoms with van der Waals surface area (Å²) in [6.45, 7) is 3.04. The zero-order valence-electron chi connectivity index (χ0n) is 10.3.